The molecule has 8 nitrogen and oxygen atoms in total. The first-order chi connectivity index (χ1) is 14.9. The summed E-state index contributed by atoms with van der Waals surface area (Å²) in [6.45, 7) is 1.73. The van der Waals surface area contributed by atoms with Gasteiger partial charge in [0.2, 0.25) is 10.0 Å². The largest absolute Gasteiger partial charge is 0.322 e. The predicted octanol–water partition coefficient (Wildman–Crippen LogP) is 4.07. The second-order valence-corrected chi connectivity index (χ2v) is 10.8. The van der Waals surface area contributed by atoms with Crippen LogP contribution in [0.5, 0.6) is 0 Å². The van der Waals surface area contributed by atoms with E-state index in [1.54, 1.807) is 37.3 Å². The number of rotatable bonds is 7. The summed E-state index contributed by atoms with van der Waals surface area (Å²) in [7, 11) is -7.39. The Kier molecular flexibility index (Phi) is 6.77. The minimum Gasteiger partial charge on any atom is -0.322 e. The van der Waals surface area contributed by atoms with E-state index in [4.69, 9.17) is 11.6 Å². The Morgan fingerprint density at radius 3 is 2.19 bits per heavy atom. The van der Waals surface area contributed by atoms with Crippen LogP contribution in [-0.4, -0.2) is 29.0 Å². The summed E-state index contributed by atoms with van der Waals surface area (Å²) in [6.07, 6.45) is 0.973. The smallest absolute Gasteiger partial charge is 0.261 e. The first kappa shape index (κ1) is 23.6. The molecule has 1 amide bonds. The third-order valence-corrected chi connectivity index (χ3v) is 6.62. The third-order valence-electron chi connectivity index (χ3n) is 4.32. The van der Waals surface area contributed by atoms with Crippen molar-refractivity contribution in [2.75, 3.05) is 21.0 Å². The van der Waals surface area contributed by atoms with Crippen LogP contribution in [0.3, 0.4) is 0 Å². The SMILES string of the molecule is Cc1ccc(NC(=O)c2ccc(Cl)c(NS(C)(=O)=O)c2)cc1NS(=O)(=O)c1ccccc1. The molecule has 0 unspecified atom stereocenters. The number of halogens is 1. The number of anilines is 3. The van der Waals surface area contributed by atoms with E-state index in [0.29, 0.717) is 16.9 Å². The monoisotopic (exact) mass is 493 g/mol. The highest BCUT2D eigenvalue weighted by Crippen LogP contribution is 2.26. The van der Waals surface area contributed by atoms with Gasteiger partial charge in [0.1, 0.15) is 0 Å². The number of sulfonamides is 2. The molecule has 3 aromatic rings. The Bertz CT molecular complexity index is 1380. The third kappa shape index (κ3) is 6.00. The zero-order chi connectivity index (χ0) is 23.5. The van der Waals surface area contributed by atoms with Gasteiger partial charge >= 0.3 is 0 Å². The second-order valence-electron chi connectivity index (χ2n) is 6.97. The molecule has 168 valence electrons. The zero-order valence-corrected chi connectivity index (χ0v) is 19.5. The molecule has 0 aliphatic rings. The van der Waals surface area contributed by atoms with Gasteiger partial charge in [0.05, 0.1) is 27.5 Å². The highest BCUT2D eigenvalue weighted by Gasteiger charge is 2.16. The maximum Gasteiger partial charge on any atom is 0.261 e. The molecule has 0 aliphatic carbocycles. The molecule has 0 aliphatic heterocycles. The fraction of sp³-hybridized carbons (Fsp3) is 0.0952. The highest BCUT2D eigenvalue weighted by atomic mass is 35.5. The second kappa shape index (κ2) is 9.19. The number of nitrogens with one attached hydrogen (secondary N) is 3. The summed E-state index contributed by atoms with van der Waals surface area (Å²) in [5.41, 5.74) is 1.55. The van der Waals surface area contributed by atoms with E-state index in [9.17, 15) is 21.6 Å². The van der Waals surface area contributed by atoms with Crippen molar-refractivity contribution in [1.82, 2.24) is 0 Å². The lowest BCUT2D eigenvalue weighted by atomic mass is 10.1. The molecular weight excluding hydrogens is 474 g/mol. The number of hydrogen-bond acceptors (Lipinski definition) is 5. The quantitative estimate of drug-likeness (QED) is 0.458. The summed E-state index contributed by atoms with van der Waals surface area (Å²) in [6, 6.07) is 16.9. The lowest BCUT2D eigenvalue weighted by molar-refractivity contribution is 0.102. The first-order valence-electron chi connectivity index (χ1n) is 9.22. The molecule has 0 spiro atoms. The van der Waals surface area contributed by atoms with E-state index < -0.39 is 26.0 Å². The molecule has 0 saturated carbocycles. The van der Waals surface area contributed by atoms with Crippen LogP contribution >= 0.6 is 11.6 Å². The summed E-state index contributed by atoms with van der Waals surface area (Å²) < 4.78 is 53.0. The molecule has 0 bridgehead atoms. The molecule has 3 aromatic carbocycles. The number of amides is 1. The van der Waals surface area contributed by atoms with Crippen LogP contribution in [0.15, 0.2) is 71.6 Å². The first-order valence-corrected chi connectivity index (χ1v) is 13.0. The van der Waals surface area contributed by atoms with Crippen molar-refractivity contribution in [3.63, 3.8) is 0 Å². The van der Waals surface area contributed by atoms with Gasteiger partial charge in [-0.25, -0.2) is 16.8 Å². The number of carbonyl (C=O) groups is 1. The van der Waals surface area contributed by atoms with Crippen LogP contribution < -0.4 is 14.8 Å². The Labute approximate surface area is 191 Å². The molecule has 0 heterocycles. The Morgan fingerprint density at radius 1 is 0.844 bits per heavy atom. The van der Waals surface area contributed by atoms with Crippen molar-refractivity contribution in [2.45, 2.75) is 11.8 Å². The maximum atomic E-state index is 12.7. The van der Waals surface area contributed by atoms with Gasteiger partial charge in [0.15, 0.2) is 0 Å². The van der Waals surface area contributed by atoms with E-state index in [2.05, 4.69) is 14.8 Å². The molecular formula is C21H20ClN3O5S2. The Hall–Kier alpha value is -3.08. The zero-order valence-electron chi connectivity index (χ0n) is 17.1. The van der Waals surface area contributed by atoms with E-state index in [0.717, 1.165) is 6.26 Å². The molecule has 0 fully saturated rings. The van der Waals surface area contributed by atoms with Gasteiger partial charge in [-0.05, 0) is 55.0 Å². The van der Waals surface area contributed by atoms with Crippen molar-refractivity contribution in [3.05, 3.63) is 82.9 Å². The molecule has 0 atom stereocenters. The molecule has 11 heteroatoms. The highest BCUT2D eigenvalue weighted by molar-refractivity contribution is 7.92. The standard InChI is InChI=1S/C21H20ClN3O5S2/c1-14-8-10-16(13-19(14)25-32(29,30)17-6-4-3-5-7-17)23-21(26)15-9-11-18(22)20(12-15)24-31(2,27)28/h3-13,24-25H,1-2H3,(H,23,26). The number of aryl methyl sites for hydroxylation is 1. The van der Waals surface area contributed by atoms with Crippen molar-refractivity contribution < 1.29 is 21.6 Å². The van der Waals surface area contributed by atoms with Crippen LogP contribution in [0.25, 0.3) is 0 Å². The molecule has 0 radical (unpaired) electrons. The molecule has 32 heavy (non-hydrogen) atoms. The average Bonchev–Trinajstić information content (AvgIpc) is 2.71. The minimum atomic E-state index is -3.80. The summed E-state index contributed by atoms with van der Waals surface area (Å²) in [4.78, 5) is 12.8. The van der Waals surface area contributed by atoms with Crippen molar-refractivity contribution in [3.8, 4) is 0 Å². The average molecular weight is 494 g/mol. The van der Waals surface area contributed by atoms with Gasteiger partial charge in [0.25, 0.3) is 15.9 Å². The van der Waals surface area contributed by atoms with E-state index in [1.807, 2.05) is 0 Å². The van der Waals surface area contributed by atoms with E-state index in [-0.39, 0.29) is 21.2 Å². The van der Waals surface area contributed by atoms with Gasteiger partial charge in [-0.1, -0.05) is 35.9 Å². The lowest BCUT2D eigenvalue weighted by Crippen LogP contribution is -2.16. The summed E-state index contributed by atoms with van der Waals surface area (Å²) >= 11 is 5.99. The van der Waals surface area contributed by atoms with Gasteiger partial charge in [-0.15, -0.1) is 0 Å². The normalized spacial score (nSPS) is 11.6. The maximum absolute atomic E-state index is 12.7. The van der Waals surface area contributed by atoms with Crippen LogP contribution in [0.4, 0.5) is 17.1 Å². The van der Waals surface area contributed by atoms with E-state index >= 15 is 0 Å². The molecule has 0 aromatic heterocycles. The number of benzene rings is 3. The van der Waals surface area contributed by atoms with Gasteiger partial charge in [-0.2, -0.15) is 0 Å². The molecule has 3 N–H and O–H groups in total. The van der Waals surface area contributed by atoms with Crippen molar-refractivity contribution >= 4 is 54.6 Å². The van der Waals surface area contributed by atoms with Gasteiger partial charge in [-0.3, -0.25) is 14.2 Å². The molecule has 0 saturated heterocycles. The topological polar surface area (TPSA) is 121 Å². The van der Waals surface area contributed by atoms with E-state index in [1.165, 1.54) is 36.4 Å². The summed E-state index contributed by atoms with van der Waals surface area (Å²) in [5, 5.41) is 2.81. The molecule has 3 rings (SSSR count). The summed E-state index contributed by atoms with van der Waals surface area (Å²) in [5.74, 6) is -0.529. The van der Waals surface area contributed by atoms with Crippen LogP contribution in [0.1, 0.15) is 15.9 Å². The van der Waals surface area contributed by atoms with Crippen LogP contribution in [0, 0.1) is 6.92 Å². The van der Waals surface area contributed by atoms with Crippen molar-refractivity contribution in [2.24, 2.45) is 0 Å². The fourth-order valence-corrected chi connectivity index (χ4v) is 4.69. The minimum absolute atomic E-state index is 0.0713. The Morgan fingerprint density at radius 2 is 1.53 bits per heavy atom. The number of hydrogen-bond donors (Lipinski definition) is 3. The van der Waals surface area contributed by atoms with Gasteiger partial charge in [0, 0.05) is 11.3 Å². The van der Waals surface area contributed by atoms with Crippen LogP contribution in [0.2, 0.25) is 5.02 Å². The fourth-order valence-electron chi connectivity index (χ4n) is 2.76. The lowest BCUT2D eigenvalue weighted by Gasteiger charge is -2.13. The van der Waals surface area contributed by atoms with Gasteiger partial charge < -0.3 is 5.32 Å². The Balaban J connectivity index is 1.83. The van der Waals surface area contributed by atoms with Crippen molar-refractivity contribution in [1.29, 1.82) is 0 Å². The van der Waals surface area contributed by atoms with Crippen LogP contribution in [-0.2, 0) is 20.0 Å². The number of carbonyl (C=O) groups excluding carboxylic acids is 1. The predicted molar refractivity (Wildman–Crippen MR) is 126 cm³/mol.